The molecule has 0 heterocycles. The molecular weight excluding hydrogens is 553 g/mol. The van der Waals surface area contributed by atoms with Crippen molar-refractivity contribution in [3.05, 3.63) is 81.8 Å². The van der Waals surface area contributed by atoms with E-state index in [1.165, 1.54) is 25.1 Å². The number of carbonyl (C=O) groups excluding carboxylic acids is 1. The molecule has 0 saturated carbocycles. The van der Waals surface area contributed by atoms with Crippen molar-refractivity contribution in [1.29, 1.82) is 0 Å². The molecule has 0 aromatic heterocycles. The molecule has 4 aromatic rings. The van der Waals surface area contributed by atoms with E-state index in [1.54, 1.807) is 49.4 Å². The topological polar surface area (TPSA) is 138 Å². The van der Waals surface area contributed by atoms with Crippen LogP contribution in [0.3, 0.4) is 0 Å². The second-order valence-corrected chi connectivity index (χ2v) is 10.3. The van der Waals surface area contributed by atoms with E-state index in [9.17, 15) is 22.9 Å². The minimum Gasteiger partial charge on any atom is -0.505 e. The summed E-state index contributed by atoms with van der Waals surface area (Å²) < 4.78 is 39.2. The second kappa shape index (κ2) is 11.0. The summed E-state index contributed by atoms with van der Waals surface area (Å²) in [5.74, 6) is -0.860. The first-order chi connectivity index (χ1) is 18.0. The molecule has 0 saturated heterocycles. The molecule has 9 nitrogen and oxygen atoms in total. The lowest BCUT2D eigenvalue weighted by Gasteiger charge is -2.15. The predicted octanol–water partition coefficient (Wildman–Crippen LogP) is 7.47. The Bertz CT molecular complexity index is 1710. The summed E-state index contributed by atoms with van der Waals surface area (Å²) in [5.41, 5.74) is -0.105. The number of nitrogens with one attached hydrogen (secondary N) is 1. The molecule has 0 aliphatic heterocycles. The fourth-order valence-electron chi connectivity index (χ4n) is 3.90. The van der Waals surface area contributed by atoms with E-state index < -0.39 is 26.7 Å². The molecule has 196 valence electrons. The largest absolute Gasteiger partial charge is 0.505 e. The highest BCUT2D eigenvalue weighted by molar-refractivity contribution is 7.86. The predicted molar refractivity (Wildman–Crippen MR) is 146 cm³/mol. The van der Waals surface area contributed by atoms with Crippen LogP contribution in [0.4, 0.5) is 17.1 Å². The Morgan fingerprint density at radius 3 is 2.50 bits per heavy atom. The summed E-state index contributed by atoms with van der Waals surface area (Å²) in [4.78, 5) is 12.8. The van der Waals surface area contributed by atoms with Crippen LogP contribution in [-0.4, -0.2) is 30.6 Å². The Kier molecular flexibility index (Phi) is 7.89. The first kappa shape index (κ1) is 27.3. The Morgan fingerprint density at radius 1 is 1.05 bits per heavy atom. The standard InChI is InChI=1S/C26H21Cl2N3O6S/c1-3-37-21-10-6-9-19(28)23(21)29-26(33)18-12-15-7-4-5-8-17(15)22(24(18)32)31-30-20-13-16(27)11-14(2)25(20)38(34,35)36/h4-13,32H,3H2,1-2H3,(H,29,33)(H,34,35,36). The number of nitrogens with zero attached hydrogens (tertiary/aromatic N) is 2. The Balaban J connectivity index is 1.85. The van der Waals surface area contributed by atoms with Gasteiger partial charge in [-0.05, 0) is 55.1 Å². The van der Waals surface area contributed by atoms with E-state index >= 15 is 0 Å². The number of hydrogen-bond donors (Lipinski definition) is 3. The maximum Gasteiger partial charge on any atom is 0.297 e. The summed E-state index contributed by atoms with van der Waals surface area (Å²) in [6, 6.07) is 15.7. The van der Waals surface area contributed by atoms with E-state index in [0.29, 0.717) is 23.1 Å². The van der Waals surface area contributed by atoms with Crippen molar-refractivity contribution >= 4 is 67.1 Å². The molecule has 3 N–H and O–H groups in total. The SMILES string of the molecule is CCOc1cccc(Cl)c1NC(=O)c1cc2ccccc2c(N=Nc2cc(Cl)cc(C)c2S(=O)(=O)O)c1O. The molecule has 0 atom stereocenters. The average molecular weight is 574 g/mol. The minimum atomic E-state index is -4.67. The molecule has 0 radical (unpaired) electrons. The number of phenolic OH excluding ortho intramolecular Hbond substituents is 1. The molecule has 0 aliphatic rings. The lowest BCUT2D eigenvalue weighted by Crippen LogP contribution is -2.14. The highest BCUT2D eigenvalue weighted by Crippen LogP contribution is 2.41. The molecule has 38 heavy (non-hydrogen) atoms. The van der Waals surface area contributed by atoms with Gasteiger partial charge in [0.05, 0.1) is 17.2 Å². The average Bonchev–Trinajstić information content (AvgIpc) is 2.84. The van der Waals surface area contributed by atoms with E-state index in [1.807, 2.05) is 0 Å². The lowest BCUT2D eigenvalue weighted by molar-refractivity contribution is 0.102. The highest BCUT2D eigenvalue weighted by Gasteiger charge is 2.22. The van der Waals surface area contributed by atoms with Crippen molar-refractivity contribution < 1.29 is 27.6 Å². The molecular formula is C26H21Cl2N3O6S. The normalized spacial score (nSPS) is 11.7. The number of carbonyl (C=O) groups is 1. The van der Waals surface area contributed by atoms with Gasteiger partial charge in [-0.3, -0.25) is 9.35 Å². The fourth-order valence-corrected chi connectivity index (χ4v) is 5.21. The van der Waals surface area contributed by atoms with Crippen LogP contribution in [0.2, 0.25) is 10.0 Å². The van der Waals surface area contributed by atoms with Gasteiger partial charge in [-0.25, -0.2) is 0 Å². The zero-order valence-electron chi connectivity index (χ0n) is 20.1. The quantitative estimate of drug-likeness (QED) is 0.155. The first-order valence-corrected chi connectivity index (χ1v) is 13.4. The van der Waals surface area contributed by atoms with Crippen LogP contribution >= 0.6 is 23.2 Å². The van der Waals surface area contributed by atoms with Gasteiger partial charge in [-0.15, -0.1) is 10.2 Å². The number of benzene rings is 4. The molecule has 0 unspecified atom stereocenters. The van der Waals surface area contributed by atoms with E-state index in [4.69, 9.17) is 27.9 Å². The molecule has 0 spiro atoms. The van der Waals surface area contributed by atoms with Crippen LogP contribution in [0.1, 0.15) is 22.8 Å². The Labute approximate surface area is 228 Å². The third-order valence-corrected chi connectivity index (χ3v) is 7.07. The third-order valence-electron chi connectivity index (χ3n) is 5.49. The molecule has 1 amide bonds. The number of fused-ring (bicyclic) bond motifs is 1. The monoisotopic (exact) mass is 573 g/mol. The number of hydrogen-bond acceptors (Lipinski definition) is 7. The van der Waals surface area contributed by atoms with Crippen molar-refractivity contribution in [1.82, 2.24) is 0 Å². The van der Waals surface area contributed by atoms with Crippen LogP contribution in [0.5, 0.6) is 11.5 Å². The summed E-state index contributed by atoms with van der Waals surface area (Å²) in [6.07, 6.45) is 0. The number of phenols is 1. The molecule has 0 fully saturated rings. The zero-order chi connectivity index (χ0) is 27.6. The van der Waals surface area contributed by atoms with Gasteiger partial charge in [0.1, 0.15) is 27.7 Å². The van der Waals surface area contributed by atoms with Gasteiger partial charge in [0.15, 0.2) is 5.75 Å². The first-order valence-electron chi connectivity index (χ1n) is 11.2. The van der Waals surface area contributed by atoms with Crippen LogP contribution in [0.15, 0.2) is 75.8 Å². The van der Waals surface area contributed by atoms with E-state index in [-0.39, 0.29) is 38.2 Å². The fraction of sp³-hybridized carbons (Fsp3) is 0.115. The summed E-state index contributed by atoms with van der Waals surface area (Å²) in [7, 11) is -4.67. The van der Waals surface area contributed by atoms with Gasteiger partial charge in [0.2, 0.25) is 0 Å². The van der Waals surface area contributed by atoms with Gasteiger partial charge < -0.3 is 15.2 Å². The smallest absolute Gasteiger partial charge is 0.297 e. The zero-order valence-corrected chi connectivity index (χ0v) is 22.4. The van der Waals surface area contributed by atoms with Gasteiger partial charge in [0.25, 0.3) is 16.0 Å². The van der Waals surface area contributed by atoms with Crippen molar-refractivity contribution in [3.63, 3.8) is 0 Å². The van der Waals surface area contributed by atoms with E-state index in [2.05, 4.69) is 15.5 Å². The Morgan fingerprint density at radius 2 is 1.79 bits per heavy atom. The van der Waals surface area contributed by atoms with Gasteiger partial charge in [-0.2, -0.15) is 8.42 Å². The number of rotatable bonds is 7. The number of aryl methyl sites for hydroxylation is 1. The number of ether oxygens (including phenoxy) is 1. The highest BCUT2D eigenvalue weighted by atomic mass is 35.5. The summed E-state index contributed by atoms with van der Waals surface area (Å²) in [6.45, 7) is 3.56. The third kappa shape index (κ3) is 5.58. The number of halogens is 2. The minimum absolute atomic E-state index is 0.101. The lowest BCUT2D eigenvalue weighted by atomic mass is 10.0. The molecule has 4 rings (SSSR count). The number of amides is 1. The van der Waals surface area contributed by atoms with Crippen LogP contribution in [0, 0.1) is 6.92 Å². The molecule has 0 bridgehead atoms. The number of aromatic hydroxyl groups is 1. The van der Waals surface area contributed by atoms with Gasteiger partial charge in [0, 0.05) is 10.4 Å². The van der Waals surface area contributed by atoms with Gasteiger partial charge >= 0.3 is 0 Å². The molecule has 12 heteroatoms. The Hall–Kier alpha value is -3.70. The number of para-hydroxylation sites is 1. The van der Waals surface area contributed by atoms with Crippen molar-refractivity contribution in [2.24, 2.45) is 10.2 Å². The van der Waals surface area contributed by atoms with Crippen LogP contribution in [-0.2, 0) is 10.1 Å². The van der Waals surface area contributed by atoms with Crippen LogP contribution < -0.4 is 10.1 Å². The number of azo groups is 1. The summed E-state index contributed by atoms with van der Waals surface area (Å²) in [5, 5.41) is 23.2. The number of anilines is 1. The molecule has 0 aliphatic carbocycles. The maximum absolute atomic E-state index is 13.3. The summed E-state index contributed by atoms with van der Waals surface area (Å²) >= 11 is 12.4. The second-order valence-electron chi connectivity index (χ2n) is 8.09. The van der Waals surface area contributed by atoms with Gasteiger partial charge in [-0.1, -0.05) is 53.5 Å². The maximum atomic E-state index is 13.3. The van der Waals surface area contributed by atoms with Crippen molar-refractivity contribution in [2.45, 2.75) is 18.7 Å². The molecule has 4 aromatic carbocycles. The van der Waals surface area contributed by atoms with Crippen molar-refractivity contribution in [2.75, 3.05) is 11.9 Å². The van der Waals surface area contributed by atoms with E-state index in [0.717, 1.165) is 0 Å². The van der Waals surface area contributed by atoms with Crippen LogP contribution in [0.25, 0.3) is 10.8 Å². The van der Waals surface area contributed by atoms with Crippen molar-refractivity contribution in [3.8, 4) is 11.5 Å².